The number of rotatable bonds is 8. The van der Waals surface area contributed by atoms with E-state index in [4.69, 9.17) is 0 Å². The van der Waals surface area contributed by atoms with Crippen molar-refractivity contribution in [2.45, 2.75) is 131 Å². The van der Waals surface area contributed by atoms with Crippen LogP contribution < -0.4 is 26.2 Å². The van der Waals surface area contributed by atoms with Crippen molar-refractivity contribution in [3.8, 4) is 68.0 Å². The van der Waals surface area contributed by atoms with Gasteiger partial charge < -0.3 is 18.9 Å². The summed E-state index contributed by atoms with van der Waals surface area (Å²) in [5, 5.41) is 28.6. The van der Waals surface area contributed by atoms with Crippen LogP contribution in [0.3, 0.4) is 0 Å². The standard InChI is InChI=1S/C100H89BN6/c1-96(2,3)69-49-66(50-70(57-69)97(4,5)6)63-42-46-82-90(53-63)104(73-44-41-65(60-102)89(59-73)105-84-37-25-20-32-75(84)76-33-21-26-38-85(76)105)92-55-68(62-29-17-16-18-30-62)56-93-94(92)101(82)83-47-43-64(67-51-71(98(7,8)9)58-72(52-67)99(10,11)12)54-91(83)106(93)88-48-45-79(74-31-19-24-36-81(74)100(13,14)15)95(80(88)61-103)107-86-39-27-22-34-77(86)78-35-23-28-40-87(78)107/h16-59H,1-15H3/i19D,24D,31D,36D. The Kier molecular flexibility index (Phi) is 14.8. The van der Waals surface area contributed by atoms with Crippen LogP contribution >= 0.6 is 0 Å². The van der Waals surface area contributed by atoms with Crippen molar-refractivity contribution in [1.29, 1.82) is 10.5 Å². The Labute approximate surface area is 636 Å². The Morgan fingerprint density at radius 3 is 1.22 bits per heavy atom. The zero-order valence-electron chi connectivity index (χ0n) is 67.9. The second-order valence-electron chi connectivity index (χ2n) is 34.6. The molecule has 0 aliphatic carbocycles. The minimum Gasteiger partial charge on any atom is -0.311 e. The highest BCUT2D eigenvalue weighted by molar-refractivity contribution is 7.00. The molecule has 6 nitrogen and oxygen atoms in total. The number of fused-ring (bicyclic) bond motifs is 10. The highest BCUT2D eigenvalue weighted by Gasteiger charge is 2.45. The first-order valence-electron chi connectivity index (χ1n) is 39.5. The smallest absolute Gasteiger partial charge is 0.252 e. The Bertz CT molecular complexity index is 6350. The first-order chi connectivity index (χ1) is 52.8. The van der Waals surface area contributed by atoms with Crippen LogP contribution in [0.2, 0.25) is 0 Å². The predicted molar refractivity (Wildman–Crippen MR) is 454 cm³/mol. The van der Waals surface area contributed by atoms with Gasteiger partial charge in [0.15, 0.2) is 0 Å². The molecule has 0 N–H and O–H groups in total. The third kappa shape index (κ3) is 11.4. The molecule has 2 aliphatic heterocycles. The number of nitriles is 2. The van der Waals surface area contributed by atoms with E-state index in [0.717, 1.165) is 128 Å². The van der Waals surface area contributed by atoms with Gasteiger partial charge in [-0.15, -0.1) is 0 Å². The third-order valence-corrected chi connectivity index (χ3v) is 22.4. The first-order valence-corrected chi connectivity index (χ1v) is 37.5. The monoisotopic (exact) mass is 1390 g/mol. The van der Waals surface area contributed by atoms with Crippen LogP contribution in [0.1, 0.15) is 148 Å². The summed E-state index contributed by atoms with van der Waals surface area (Å²) >= 11 is 0. The summed E-state index contributed by atoms with van der Waals surface area (Å²) in [5.74, 6) is 0. The average molecular weight is 1390 g/mol. The number of nitrogens with zero attached hydrogens (tertiary/aromatic N) is 6. The summed E-state index contributed by atoms with van der Waals surface area (Å²) in [5.41, 5.74) is 24.7. The second kappa shape index (κ2) is 24.9. The number of hydrogen-bond acceptors (Lipinski definition) is 4. The van der Waals surface area contributed by atoms with Crippen LogP contribution in [0.4, 0.5) is 34.1 Å². The summed E-state index contributed by atoms with van der Waals surface area (Å²) in [6, 6.07) is 91.9. The topological polar surface area (TPSA) is 63.9 Å². The van der Waals surface area contributed by atoms with Gasteiger partial charge in [-0.05, 0) is 183 Å². The predicted octanol–water partition coefficient (Wildman–Crippen LogP) is 24.9. The fraction of sp³-hybridized carbons (Fsp3) is 0.200. The third-order valence-electron chi connectivity index (χ3n) is 22.4. The second-order valence-corrected chi connectivity index (χ2v) is 34.6. The van der Waals surface area contributed by atoms with Gasteiger partial charge in [-0.3, -0.25) is 0 Å². The van der Waals surface area contributed by atoms with E-state index in [1.165, 1.54) is 22.3 Å². The fourth-order valence-corrected chi connectivity index (χ4v) is 16.7. The molecule has 15 aromatic rings. The summed E-state index contributed by atoms with van der Waals surface area (Å²) in [4.78, 5) is 4.78. The zero-order chi connectivity index (χ0) is 78.0. The van der Waals surface area contributed by atoms with Gasteiger partial charge in [0, 0.05) is 55.5 Å². The van der Waals surface area contributed by atoms with E-state index in [2.05, 4.69) is 314 Å². The SMILES string of the molecule is [2H]c1c([2H])c([2H])c(C(C)(C)C)c(-c2ccc(N3c4cc(-c5cc(C(C)(C)C)cc(C(C)(C)C)c5)ccc4B4c5ccc(-c6cc(C(C)(C)C)cc(C(C)(C)C)c6)cc5N(c5ccc(C#N)c(-n6c7ccccc7c7ccccc76)c5)c5cc(-c6ccccc6)cc3c54)c(C#N)c2-n2c3ccccc3c3ccccc32)c1[2H]. The molecule has 0 spiro atoms. The zero-order valence-corrected chi connectivity index (χ0v) is 63.9. The molecular weight excluding hydrogens is 1300 g/mol. The lowest BCUT2D eigenvalue weighted by Crippen LogP contribution is -2.61. The Balaban J connectivity index is 1.05. The van der Waals surface area contributed by atoms with Crippen molar-refractivity contribution in [1.82, 2.24) is 9.13 Å². The lowest BCUT2D eigenvalue weighted by molar-refractivity contribution is 0.568. The molecule has 0 radical (unpaired) electrons. The molecule has 0 unspecified atom stereocenters. The molecule has 0 saturated heterocycles. The lowest BCUT2D eigenvalue weighted by Gasteiger charge is -2.45. The molecule has 0 atom stereocenters. The maximum Gasteiger partial charge on any atom is 0.252 e. The van der Waals surface area contributed by atoms with E-state index in [1.54, 1.807) is 0 Å². The van der Waals surface area contributed by atoms with E-state index < -0.39 is 12.1 Å². The highest BCUT2D eigenvalue weighted by Crippen LogP contribution is 2.52. The van der Waals surface area contributed by atoms with Crippen LogP contribution in [0.5, 0.6) is 0 Å². The Hall–Kier alpha value is -11.9. The molecule has 7 heteroatoms. The summed E-state index contributed by atoms with van der Waals surface area (Å²) in [6.45, 7) is 33.0. The summed E-state index contributed by atoms with van der Waals surface area (Å²) in [7, 11) is 0. The Morgan fingerprint density at radius 2 is 0.757 bits per heavy atom. The minimum absolute atomic E-state index is 0.123. The lowest BCUT2D eigenvalue weighted by atomic mass is 9.33. The number of benzene rings is 13. The maximum absolute atomic E-state index is 13.0. The van der Waals surface area contributed by atoms with Gasteiger partial charge in [-0.25, -0.2) is 0 Å². The largest absolute Gasteiger partial charge is 0.311 e. The normalized spacial score (nSPS) is 13.6. The van der Waals surface area contributed by atoms with Crippen molar-refractivity contribution >= 4 is 101 Å². The van der Waals surface area contributed by atoms with Gasteiger partial charge in [-0.2, -0.15) is 10.5 Å². The molecule has 2 aromatic heterocycles. The van der Waals surface area contributed by atoms with Crippen LogP contribution in [0.15, 0.2) is 267 Å². The number of para-hydroxylation sites is 4. The maximum atomic E-state index is 13.0. The van der Waals surface area contributed by atoms with Crippen molar-refractivity contribution in [3.05, 3.63) is 306 Å². The fourth-order valence-electron chi connectivity index (χ4n) is 16.7. The molecular formula is C100H89BN6. The van der Waals surface area contributed by atoms with Gasteiger partial charge in [0.25, 0.3) is 6.71 Å². The molecule has 0 fully saturated rings. The first kappa shape index (κ1) is 63.6. The molecule has 0 amide bonds. The quantitative estimate of drug-likeness (QED) is 0.142. The van der Waals surface area contributed by atoms with E-state index in [-0.39, 0.29) is 45.8 Å². The number of anilines is 6. The van der Waals surface area contributed by atoms with Gasteiger partial charge in [0.05, 0.1) is 50.2 Å². The van der Waals surface area contributed by atoms with Gasteiger partial charge in [-0.1, -0.05) is 298 Å². The van der Waals surface area contributed by atoms with Crippen LogP contribution in [0, 0.1) is 22.7 Å². The summed E-state index contributed by atoms with van der Waals surface area (Å²) < 4.78 is 43.0. The van der Waals surface area contributed by atoms with Crippen molar-refractivity contribution in [2.75, 3.05) is 9.80 Å². The number of hydrogen-bond donors (Lipinski definition) is 0. The minimum atomic E-state index is -0.797. The number of aromatic nitrogens is 2. The van der Waals surface area contributed by atoms with Crippen LogP contribution in [-0.2, 0) is 27.1 Å². The molecule has 0 saturated carbocycles. The van der Waals surface area contributed by atoms with E-state index >= 15 is 0 Å². The van der Waals surface area contributed by atoms with Crippen LogP contribution in [-0.4, -0.2) is 15.8 Å². The molecule has 107 heavy (non-hydrogen) atoms. The van der Waals surface area contributed by atoms with E-state index in [0.29, 0.717) is 39.2 Å². The van der Waals surface area contributed by atoms with Crippen molar-refractivity contribution in [2.24, 2.45) is 0 Å². The van der Waals surface area contributed by atoms with E-state index in [9.17, 15) is 16.0 Å². The van der Waals surface area contributed by atoms with Gasteiger partial charge in [0.2, 0.25) is 0 Å². The molecule has 4 heterocycles. The average Bonchev–Trinajstić information content (AvgIpc) is 0.992. The van der Waals surface area contributed by atoms with Crippen molar-refractivity contribution in [3.63, 3.8) is 0 Å². The summed E-state index contributed by atoms with van der Waals surface area (Å²) in [6.07, 6.45) is 0. The van der Waals surface area contributed by atoms with Gasteiger partial charge in [0.1, 0.15) is 17.7 Å². The highest BCUT2D eigenvalue weighted by atomic mass is 15.2. The molecule has 522 valence electrons. The molecule has 2 aliphatic rings. The van der Waals surface area contributed by atoms with E-state index in [1.807, 2.05) is 63.2 Å². The molecule has 17 rings (SSSR count). The molecule has 13 aromatic carbocycles. The molecule has 0 bridgehead atoms. The van der Waals surface area contributed by atoms with Crippen molar-refractivity contribution < 1.29 is 5.48 Å². The Morgan fingerprint density at radius 1 is 0.327 bits per heavy atom. The van der Waals surface area contributed by atoms with Crippen LogP contribution in [0.25, 0.3) is 99.5 Å². The van der Waals surface area contributed by atoms with Gasteiger partial charge >= 0.3 is 0 Å².